The minimum absolute atomic E-state index is 0.00475. The van der Waals surface area contributed by atoms with Gasteiger partial charge in [-0.05, 0) is 55.7 Å². The van der Waals surface area contributed by atoms with Crippen molar-refractivity contribution in [2.45, 2.75) is 63.5 Å². The summed E-state index contributed by atoms with van der Waals surface area (Å²) in [7, 11) is 0. The lowest BCUT2D eigenvalue weighted by Gasteiger charge is -2.30. The van der Waals surface area contributed by atoms with Gasteiger partial charge in [-0.3, -0.25) is 24.4 Å². The van der Waals surface area contributed by atoms with Gasteiger partial charge in [-0.25, -0.2) is 0 Å². The van der Waals surface area contributed by atoms with E-state index in [0.717, 1.165) is 64.5 Å². The summed E-state index contributed by atoms with van der Waals surface area (Å²) < 4.78 is 46.7. The number of amides is 1. The van der Waals surface area contributed by atoms with Gasteiger partial charge in [-0.1, -0.05) is 6.07 Å². The number of ether oxygens (including phenoxy) is 1. The fourth-order valence-corrected chi connectivity index (χ4v) is 6.15. The van der Waals surface area contributed by atoms with Gasteiger partial charge in [-0.2, -0.15) is 13.2 Å². The van der Waals surface area contributed by atoms with Gasteiger partial charge >= 0.3 is 6.18 Å². The first-order valence-corrected chi connectivity index (χ1v) is 13.8. The van der Waals surface area contributed by atoms with Gasteiger partial charge in [0, 0.05) is 82.2 Å². The Hall–Kier alpha value is -2.76. The summed E-state index contributed by atoms with van der Waals surface area (Å²) >= 11 is 0. The Kier molecular flexibility index (Phi) is 8.68. The summed E-state index contributed by atoms with van der Waals surface area (Å²) in [4.78, 5) is 33.9. The monoisotopic (exact) mass is 547 g/mol. The number of pyridine rings is 2. The highest BCUT2D eigenvalue weighted by Crippen LogP contribution is 2.30. The maximum atomic E-state index is 13.2. The quantitative estimate of drug-likeness (QED) is 0.575. The Morgan fingerprint density at radius 2 is 2.03 bits per heavy atom. The van der Waals surface area contributed by atoms with Crippen LogP contribution in [0.2, 0.25) is 0 Å². The normalized spacial score (nSPS) is 24.7. The SMILES string of the molecule is O=C(CN1CCn2c(cc(C(F)(F)F)cc2=O)C1)NC1CN(C2CCCOCC2)C[C@@H]1CCc1cccnc1. The Morgan fingerprint density at radius 3 is 2.82 bits per heavy atom. The van der Waals surface area contributed by atoms with Crippen LogP contribution in [0.4, 0.5) is 13.2 Å². The van der Waals surface area contributed by atoms with E-state index in [1.807, 2.05) is 17.2 Å². The second kappa shape index (κ2) is 12.2. The molecule has 2 aromatic rings. The molecule has 1 N–H and O–H groups in total. The number of fused-ring (bicyclic) bond motifs is 1. The molecule has 0 aliphatic carbocycles. The molecule has 0 aromatic carbocycles. The summed E-state index contributed by atoms with van der Waals surface area (Å²) in [5.41, 5.74) is -0.151. The summed E-state index contributed by atoms with van der Waals surface area (Å²) in [5, 5.41) is 3.25. The third-order valence-corrected chi connectivity index (χ3v) is 8.21. The van der Waals surface area contributed by atoms with Crippen LogP contribution in [0.5, 0.6) is 0 Å². The number of hydrogen-bond acceptors (Lipinski definition) is 6. The molecule has 11 heteroatoms. The first kappa shape index (κ1) is 27.8. The average molecular weight is 548 g/mol. The number of carbonyl (C=O) groups excluding carboxylic acids is 1. The van der Waals surface area contributed by atoms with Gasteiger partial charge in [0.1, 0.15) is 0 Å². The summed E-state index contributed by atoms with van der Waals surface area (Å²) in [6.07, 6.45) is 3.97. The highest BCUT2D eigenvalue weighted by molar-refractivity contribution is 5.78. The zero-order valence-electron chi connectivity index (χ0n) is 22.0. The zero-order valence-corrected chi connectivity index (χ0v) is 22.0. The molecule has 212 valence electrons. The Balaban J connectivity index is 1.22. The van der Waals surface area contributed by atoms with Crippen LogP contribution in [0.15, 0.2) is 41.5 Å². The van der Waals surface area contributed by atoms with E-state index in [1.165, 1.54) is 10.1 Å². The second-order valence-electron chi connectivity index (χ2n) is 10.9. The fourth-order valence-electron chi connectivity index (χ4n) is 6.15. The molecule has 0 bridgehead atoms. The topological polar surface area (TPSA) is 79.7 Å². The van der Waals surface area contributed by atoms with E-state index in [9.17, 15) is 22.8 Å². The second-order valence-corrected chi connectivity index (χ2v) is 10.9. The molecule has 0 radical (unpaired) electrons. The molecule has 3 aliphatic heterocycles. The third-order valence-electron chi connectivity index (χ3n) is 8.21. The predicted molar refractivity (Wildman–Crippen MR) is 139 cm³/mol. The smallest absolute Gasteiger partial charge is 0.381 e. The van der Waals surface area contributed by atoms with Gasteiger partial charge in [-0.15, -0.1) is 0 Å². The lowest BCUT2D eigenvalue weighted by molar-refractivity contribution is -0.138. The molecule has 5 rings (SSSR count). The predicted octanol–water partition coefficient (Wildman–Crippen LogP) is 2.70. The third kappa shape index (κ3) is 7.06. The summed E-state index contributed by atoms with van der Waals surface area (Å²) in [5.74, 6) is 0.147. The van der Waals surface area contributed by atoms with Gasteiger partial charge in [0.05, 0.1) is 12.1 Å². The molecular weight excluding hydrogens is 511 g/mol. The number of rotatable bonds is 7. The van der Waals surface area contributed by atoms with E-state index >= 15 is 0 Å². The molecule has 2 saturated heterocycles. The number of aryl methyl sites for hydroxylation is 1. The Labute approximate surface area is 226 Å². The average Bonchev–Trinajstić information content (AvgIpc) is 3.10. The molecule has 3 aliphatic rings. The first-order chi connectivity index (χ1) is 18.8. The van der Waals surface area contributed by atoms with Gasteiger partial charge in [0.2, 0.25) is 5.91 Å². The van der Waals surface area contributed by atoms with E-state index in [-0.39, 0.29) is 43.2 Å². The zero-order chi connectivity index (χ0) is 27.4. The number of nitrogens with zero attached hydrogens (tertiary/aromatic N) is 4. The van der Waals surface area contributed by atoms with Crippen LogP contribution >= 0.6 is 0 Å². The van der Waals surface area contributed by atoms with Crippen LogP contribution in [0.3, 0.4) is 0 Å². The standard InChI is InChI=1S/C28H36F3N5O3/c29-28(30,31)22-13-24-17-34(9-10-36(24)27(38)14-22)19-26(37)33-25-18-35(23-4-2-11-39-12-7-23)16-21(25)6-5-20-3-1-8-32-15-20/h1,3,8,13-15,21,23,25H,2,4-7,9-12,16-19H2,(H,33,37)/t21-,23?,25?/m0/s1. The molecule has 2 fully saturated rings. The molecule has 39 heavy (non-hydrogen) atoms. The molecule has 2 unspecified atom stereocenters. The molecule has 3 atom stereocenters. The van der Waals surface area contributed by atoms with E-state index in [4.69, 9.17) is 4.74 Å². The highest BCUT2D eigenvalue weighted by Gasteiger charge is 2.37. The van der Waals surface area contributed by atoms with E-state index in [1.54, 1.807) is 6.20 Å². The minimum atomic E-state index is -4.59. The van der Waals surface area contributed by atoms with Crippen molar-refractivity contribution in [3.8, 4) is 0 Å². The van der Waals surface area contributed by atoms with E-state index in [2.05, 4.69) is 21.3 Å². The van der Waals surface area contributed by atoms with Crippen molar-refractivity contribution in [3.63, 3.8) is 0 Å². The summed E-state index contributed by atoms with van der Waals surface area (Å²) in [6, 6.07) is 6.10. The molecule has 8 nitrogen and oxygen atoms in total. The van der Waals surface area contributed by atoms with Crippen LogP contribution in [0, 0.1) is 5.92 Å². The van der Waals surface area contributed by atoms with E-state index in [0.29, 0.717) is 18.7 Å². The maximum absolute atomic E-state index is 13.2. The van der Waals surface area contributed by atoms with Crippen molar-refractivity contribution in [2.24, 2.45) is 5.92 Å². The fraction of sp³-hybridized carbons (Fsp3) is 0.607. The molecule has 2 aromatic heterocycles. The molecule has 1 amide bonds. The lowest BCUT2D eigenvalue weighted by atomic mass is 9.95. The van der Waals surface area contributed by atoms with Gasteiger partial charge < -0.3 is 14.6 Å². The number of likely N-dealkylation sites (tertiary alicyclic amines) is 1. The number of alkyl halides is 3. The molecule has 5 heterocycles. The molecular formula is C28H36F3N5O3. The number of nitrogens with one attached hydrogen (secondary N) is 1. The number of halogens is 3. The van der Waals surface area contributed by atoms with Crippen LogP contribution in [-0.2, 0) is 35.2 Å². The van der Waals surface area contributed by atoms with Gasteiger partial charge in [0.25, 0.3) is 5.56 Å². The summed E-state index contributed by atoms with van der Waals surface area (Å²) in [6.45, 7) is 4.13. The maximum Gasteiger partial charge on any atom is 0.416 e. The van der Waals surface area contributed by atoms with Crippen molar-refractivity contribution < 1.29 is 22.7 Å². The Morgan fingerprint density at radius 1 is 1.15 bits per heavy atom. The molecule has 0 spiro atoms. The van der Waals surface area contributed by atoms with Crippen molar-refractivity contribution >= 4 is 5.91 Å². The van der Waals surface area contributed by atoms with Crippen LogP contribution in [0.25, 0.3) is 0 Å². The van der Waals surface area contributed by atoms with Crippen LogP contribution in [-0.4, -0.2) is 76.7 Å². The van der Waals surface area contributed by atoms with Crippen molar-refractivity contribution in [3.05, 3.63) is 63.8 Å². The van der Waals surface area contributed by atoms with Crippen LogP contribution in [0.1, 0.15) is 42.5 Å². The van der Waals surface area contributed by atoms with Crippen molar-refractivity contribution in [1.82, 2.24) is 24.7 Å². The lowest BCUT2D eigenvalue weighted by Crippen LogP contribution is -2.48. The number of hydrogen-bond donors (Lipinski definition) is 1. The van der Waals surface area contributed by atoms with Crippen molar-refractivity contribution in [2.75, 3.05) is 39.4 Å². The van der Waals surface area contributed by atoms with E-state index < -0.39 is 17.3 Å². The number of aromatic nitrogens is 2. The highest BCUT2D eigenvalue weighted by atomic mass is 19.4. The number of carbonyl (C=O) groups is 1. The minimum Gasteiger partial charge on any atom is -0.381 e. The van der Waals surface area contributed by atoms with Gasteiger partial charge in [0.15, 0.2) is 0 Å². The van der Waals surface area contributed by atoms with Crippen molar-refractivity contribution in [1.29, 1.82) is 0 Å². The Bertz CT molecular complexity index is 1180. The first-order valence-electron chi connectivity index (χ1n) is 13.8. The largest absolute Gasteiger partial charge is 0.416 e. The van der Waals surface area contributed by atoms with Crippen LogP contribution < -0.4 is 10.9 Å². The molecule has 0 saturated carbocycles.